The van der Waals surface area contributed by atoms with Gasteiger partial charge in [0, 0.05) is 51.2 Å². The van der Waals surface area contributed by atoms with Gasteiger partial charge in [-0.25, -0.2) is 0 Å². The van der Waals surface area contributed by atoms with Crippen molar-refractivity contribution in [1.29, 1.82) is 0 Å². The van der Waals surface area contributed by atoms with Crippen LogP contribution in [0.3, 0.4) is 0 Å². The lowest BCUT2D eigenvalue weighted by molar-refractivity contribution is 0.417. The van der Waals surface area contributed by atoms with Crippen LogP contribution in [0.15, 0.2) is 37.9 Å². The number of allylic oxidation sites excluding steroid dienone is 1. The third-order valence-corrected chi connectivity index (χ3v) is 14.4. The van der Waals surface area contributed by atoms with Gasteiger partial charge in [-0.2, -0.15) is 0 Å². The Balaban J connectivity index is 1.51. The van der Waals surface area contributed by atoms with Gasteiger partial charge in [-0.15, -0.1) is 45.8 Å². The van der Waals surface area contributed by atoms with Gasteiger partial charge in [0.25, 0.3) is 0 Å². The summed E-state index contributed by atoms with van der Waals surface area (Å²) < 4.78 is 5.34. The van der Waals surface area contributed by atoms with E-state index in [1.165, 1.54) is 119 Å². The van der Waals surface area contributed by atoms with Crippen molar-refractivity contribution in [2.75, 3.05) is 0 Å². The van der Waals surface area contributed by atoms with Gasteiger partial charge in [0.2, 0.25) is 0 Å². The molecule has 1 aliphatic heterocycles. The number of hydrogen-bond donors (Lipinski definition) is 0. The molecule has 0 nitrogen and oxygen atoms in total. The molecule has 0 spiro atoms. The molecule has 0 fully saturated rings. The van der Waals surface area contributed by atoms with Gasteiger partial charge >= 0.3 is 0 Å². The van der Waals surface area contributed by atoms with Gasteiger partial charge in [0.05, 0.1) is 7.57 Å². The van der Waals surface area contributed by atoms with E-state index in [2.05, 4.69) is 102 Å². The second-order valence-electron chi connectivity index (χ2n) is 11.4. The Bertz CT molecular complexity index is 1400. The van der Waals surface area contributed by atoms with Crippen molar-refractivity contribution in [3.63, 3.8) is 0 Å². The van der Waals surface area contributed by atoms with E-state index in [0.717, 1.165) is 11.8 Å². The highest BCUT2D eigenvalue weighted by Crippen LogP contribution is 2.54. The third-order valence-electron chi connectivity index (χ3n) is 8.58. The van der Waals surface area contributed by atoms with Crippen LogP contribution in [0.25, 0.3) is 35.5 Å². The second kappa shape index (κ2) is 14.6. The van der Waals surface area contributed by atoms with Gasteiger partial charge < -0.3 is 0 Å². The molecule has 40 heavy (non-hydrogen) atoms. The molecule has 0 N–H and O–H groups in total. The molecule has 3 aromatic heterocycles. The van der Waals surface area contributed by atoms with E-state index in [-0.39, 0.29) is 0 Å². The quantitative estimate of drug-likeness (QED) is 0.124. The molecule has 6 heteroatoms. The lowest BCUT2D eigenvalue weighted by Gasteiger charge is -2.19. The Morgan fingerprint density at radius 2 is 1.43 bits per heavy atom. The molecule has 1 aromatic carbocycles. The summed E-state index contributed by atoms with van der Waals surface area (Å²) >= 11 is 15.8. The van der Waals surface area contributed by atoms with E-state index in [9.17, 15) is 0 Å². The molecule has 1 aliphatic rings. The van der Waals surface area contributed by atoms with Crippen molar-refractivity contribution < 1.29 is 0 Å². The fourth-order valence-corrected chi connectivity index (χ4v) is 12.3. The van der Waals surface area contributed by atoms with Crippen molar-refractivity contribution in [3.05, 3.63) is 48.4 Å². The zero-order valence-corrected chi connectivity index (χ0v) is 30.7. The highest BCUT2D eigenvalue weighted by Gasteiger charge is 2.28. The summed E-state index contributed by atoms with van der Waals surface area (Å²) in [4.78, 5) is 4.47. The van der Waals surface area contributed by atoms with E-state index >= 15 is 0 Å². The first kappa shape index (κ1) is 31.3. The summed E-state index contributed by atoms with van der Waals surface area (Å²) in [6.07, 6.45) is 17.0. The monoisotopic (exact) mass is 736 g/mol. The largest absolute Gasteiger partial charge is 0.140 e. The summed E-state index contributed by atoms with van der Waals surface area (Å²) in [7, 11) is 0. The number of rotatable bonds is 14. The molecule has 3 unspecified atom stereocenters. The highest BCUT2D eigenvalue weighted by atomic mass is 79.9. The summed E-state index contributed by atoms with van der Waals surface area (Å²) in [5.74, 6) is 1.66. The number of thioether (sulfide) groups is 1. The van der Waals surface area contributed by atoms with Crippen LogP contribution < -0.4 is 0 Å². The molecule has 5 rings (SSSR count). The average Bonchev–Trinajstić information content (AvgIpc) is 3.74. The van der Waals surface area contributed by atoms with Gasteiger partial charge in [-0.05, 0) is 87.2 Å². The lowest BCUT2D eigenvalue weighted by atomic mass is 9.93. The number of benzene rings is 1. The maximum Gasteiger partial charge on any atom is 0.0711 e. The van der Waals surface area contributed by atoms with Crippen molar-refractivity contribution in [2.24, 2.45) is 11.8 Å². The third kappa shape index (κ3) is 6.99. The number of unbranched alkanes of at least 4 members (excludes halogenated alkanes) is 2. The normalized spacial score (nSPS) is 17.2. The molecular weight excluding hydrogens is 696 g/mol. The Morgan fingerprint density at radius 1 is 0.800 bits per heavy atom. The molecule has 3 atom stereocenters. The van der Waals surface area contributed by atoms with Crippen molar-refractivity contribution >= 4 is 103 Å². The van der Waals surface area contributed by atoms with Crippen LogP contribution in [0.5, 0.6) is 0 Å². The maximum atomic E-state index is 3.89. The highest BCUT2D eigenvalue weighted by molar-refractivity contribution is 9.11. The summed E-state index contributed by atoms with van der Waals surface area (Å²) in [6.45, 7) is 9.38. The molecule has 0 radical (unpaired) electrons. The number of thiophene rings is 3. The molecule has 216 valence electrons. The smallest absolute Gasteiger partial charge is 0.0711 e. The Hall–Kier alpha value is -0.110. The Labute approximate surface area is 274 Å². The standard InChI is InChI=1S/C34H42Br2S4/c1-5-9-11-21(7-3)17-23-13-15-27(37-23)31-25-19-29(35)40-34(25)32(26-20-30(36)39-33(26)31)28-16-14-24(38-28)18-22(8-4)12-10-6-2/h13,15-16,19-22,24H,5-12,14,17-18H2,1-4H3. The zero-order chi connectivity index (χ0) is 28.2. The zero-order valence-electron chi connectivity index (χ0n) is 24.3. The van der Waals surface area contributed by atoms with Crippen LogP contribution in [0.1, 0.15) is 102 Å². The van der Waals surface area contributed by atoms with Crippen LogP contribution >= 0.6 is 77.6 Å². The van der Waals surface area contributed by atoms with Gasteiger partial charge in [0.1, 0.15) is 0 Å². The van der Waals surface area contributed by atoms with Crippen LogP contribution in [0.2, 0.25) is 0 Å². The SMILES string of the molecule is CCCCC(CC)Cc1ccc(-c2c3cc(Br)sc3c(C3=CCC(CC(CC)CCCC)S3)c3cc(Br)sc23)s1. The lowest BCUT2D eigenvalue weighted by Crippen LogP contribution is -2.08. The average molecular weight is 739 g/mol. The molecular formula is C34H42Br2S4. The number of hydrogen-bond acceptors (Lipinski definition) is 4. The van der Waals surface area contributed by atoms with E-state index in [0.29, 0.717) is 5.25 Å². The fraction of sp³-hybridized carbons (Fsp3) is 0.529. The van der Waals surface area contributed by atoms with E-state index in [1.54, 1.807) is 4.88 Å². The van der Waals surface area contributed by atoms with Crippen LogP contribution in [0, 0.1) is 11.8 Å². The van der Waals surface area contributed by atoms with Crippen molar-refractivity contribution in [2.45, 2.75) is 104 Å². The number of fused-ring (bicyclic) bond motifs is 2. The molecule has 0 aliphatic carbocycles. The van der Waals surface area contributed by atoms with E-state index in [1.807, 2.05) is 34.0 Å². The van der Waals surface area contributed by atoms with Crippen LogP contribution in [-0.4, -0.2) is 5.25 Å². The first-order chi connectivity index (χ1) is 19.4. The summed E-state index contributed by atoms with van der Waals surface area (Å²) in [6, 6.07) is 9.59. The van der Waals surface area contributed by atoms with Gasteiger partial charge in [-0.3, -0.25) is 0 Å². The fourth-order valence-electron chi connectivity index (χ4n) is 6.22. The minimum atomic E-state index is 0.714. The summed E-state index contributed by atoms with van der Waals surface area (Å²) in [5.41, 5.74) is 2.91. The molecule has 0 bridgehead atoms. The van der Waals surface area contributed by atoms with Gasteiger partial charge in [-0.1, -0.05) is 85.1 Å². The topological polar surface area (TPSA) is 0 Å². The summed E-state index contributed by atoms with van der Waals surface area (Å²) in [5, 5.41) is 3.56. The molecule has 4 heterocycles. The molecule has 0 saturated heterocycles. The van der Waals surface area contributed by atoms with E-state index < -0.39 is 0 Å². The first-order valence-electron chi connectivity index (χ1n) is 15.3. The Morgan fingerprint density at radius 3 is 2.08 bits per heavy atom. The second-order valence-corrected chi connectivity index (χ2v) is 18.8. The number of halogens is 2. The van der Waals surface area contributed by atoms with Crippen molar-refractivity contribution in [1.82, 2.24) is 0 Å². The maximum absolute atomic E-state index is 3.89. The Kier molecular flexibility index (Phi) is 11.4. The predicted molar refractivity (Wildman–Crippen MR) is 195 cm³/mol. The van der Waals surface area contributed by atoms with Crippen LogP contribution in [-0.2, 0) is 6.42 Å². The van der Waals surface area contributed by atoms with Gasteiger partial charge in [0.15, 0.2) is 0 Å². The molecule has 4 aromatic rings. The van der Waals surface area contributed by atoms with Crippen molar-refractivity contribution in [3.8, 4) is 10.4 Å². The van der Waals surface area contributed by atoms with Crippen LogP contribution in [0.4, 0.5) is 0 Å². The first-order valence-corrected chi connectivity index (χ1v) is 20.2. The minimum Gasteiger partial charge on any atom is -0.140 e. The predicted octanol–water partition coefficient (Wildman–Crippen LogP) is 14.6. The molecule has 0 saturated carbocycles. The van der Waals surface area contributed by atoms with E-state index in [4.69, 9.17) is 0 Å². The molecule has 0 amide bonds. The minimum absolute atomic E-state index is 0.714.